The smallest absolute Gasteiger partial charge is 0.340 e. The Labute approximate surface area is 138 Å². The molecule has 1 atom stereocenters. The van der Waals surface area contributed by atoms with Gasteiger partial charge in [-0.3, -0.25) is 4.79 Å². The molecular formula is C18H18N2O4. The first-order valence-electron chi connectivity index (χ1n) is 7.48. The highest BCUT2D eigenvalue weighted by atomic mass is 16.5. The minimum atomic E-state index is -1.55. The predicted octanol–water partition coefficient (Wildman–Crippen LogP) is 2.05. The number of methoxy groups -OCH3 is 1. The van der Waals surface area contributed by atoms with Gasteiger partial charge in [-0.15, -0.1) is 0 Å². The summed E-state index contributed by atoms with van der Waals surface area (Å²) in [5, 5.41) is 11.1. The average Bonchev–Trinajstić information content (AvgIpc) is 3.07. The van der Waals surface area contributed by atoms with E-state index >= 15 is 0 Å². The third-order valence-electron chi connectivity index (χ3n) is 4.18. The Balaban J connectivity index is 2.42. The van der Waals surface area contributed by atoms with Crippen molar-refractivity contribution in [3.05, 3.63) is 58.1 Å². The molecule has 24 heavy (non-hydrogen) atoms. The van der Waals surface area contributed by atoms with Crippen LogP contribution in [0.3, 0.4) is 0 Å². The summed E-state index contributed by atoms with van der Waals surface area (Å²) in [5.74, 6) is -0.812. The van der Waals surface area contributed by atoms with Gasteiger partial charge < -0.3 is 19.4 Å². The summed E-state index contributed by atoms with van der Waals surface area (Å²) in [6.07, 6.45) is 0.112. The maximum absolute atomic E-state index is 12.5. The summed E-state index contributed by atoms with van der Waals surface area (Å²) < 4.78 is 5.94. The highest BCUT2D eigenvalue weighted by molar-refractivity contribution is 5.97. The van der Waals surface area contributed by atoms with Gasteiger partial charge in [-0.05, 0) is 18.6 Å². The van der Waals surface area contributed by atoms with Crippen LogP contribution in [0.15, 0.2) is 41.3 Å². The molecule has 6 nitrogen and oxygen atoms in total. The Hall–Kier alpha value is -2.86. The lowest BCUT2D eigenvalue weighted by molar-refractivity contribution is -0.151. The van der Waals surface area contributed by atoms with Crippen LogP contribution in [-0.4, -0.2) is 27.7 Å². The zero-order chi connectivity index (χ0) is 17.4. The number of pyridine rings is 1. The van der Waals surface area contributed by atoms with Crippen LogP contribution in [0, 0.1) is 6.92 Å². The van der Waals surface area contributed by atoms with Crippen molar-refractivity contribution in [2.24, 2.45) is 7.05 Å². The van der Waals surface area contributed by atoms with Crippen molar-refractivity contribution in [3.8, 4) is 11.1 Å². The number of hydrogen-bond donors (Lipinski definition) is 2. The molecule has 1 aromatic carbocycles. The van der Waals surface area contributed by atoms with Gasteiger partial charge in [0, 0.05) is 24.2 Å². The molecule has 124 valence electrons. The lowest BCUT2D eigenvalue weighted by Crippen LogP contribution is -2.27. The molecule has 0 radical (unpaired) electrons. The number of hydrogen-bond acceptors (Lipinski definition) is 4. The van der Waals surface area contributed by atoms with E-state index in [0.29, 0.717) is 16.5 Å². The Kier molecular flexibility index (Phi) is 3.99. The van der Waals surface area contributed by atoms with Crippen LogP contribution in [0.4, 0.5) is 0 Å². The Bertz CT molecular complexity index is 967. The van der Waals surface area contributed by atoms with Crippen molar-refractivity contribution in [2.75, 3.05) is 7.11 Å². The van der Waals surface area contributed by atoms with Crippen molar-refractivity contribution in [1.29, 1.82) is 0 Å². The molecule has 2 heterocycles. The number of aryl methyl sites for hydroxylation is 1. The van der Waals surface area contributed by atoms with Crippen LogP contribution in [0.2, 0.25) is 0 Å². The fourth-order valence-electron chi connectivity index (χ4n) is 2.90. The highest BCUT2D eigenvalue weighted by Gasteiger charge is 2.27. The van der Waals surface area contributed by atoms with Gasteiger partial charge in [-0.25, -0.2) is 4.79 Å². The van der Waals surface area contributed by atoms with Crippen molar-refractivity contribution >= 4 is 16.9 Å². The van der Waals surface area contributed by atoms with Gasteiger partial charge in [-0.1, -0.05) is 29.8 Å². The number of nitrogens with one attached hydrogen (secondary N) is 1. The van der Waals surface area contributed by atoms with Gasteiger partial charge in [0.05, 0.1) is 12.8 Å². The predicted molar refractivity (Wildman–Crippen MR) is 90.7 cm³/mol. The zero-order valence-corrected chi connectivity index (χ0v) is 13.7. The largest absolute Gasteiger partial charge is 0.467 e. The molecule has 0 fully saturated rings. The number of aliphatic hydroxyl groups is 1. The number of carbonyl (C=O) groups is 1. The fourth-order valence-corrected chi connectivity index (χ4v) is 2.90. The van der Waals surface area contributed by atoms with Crippen LogP contribution in [0.25, 0.3) is 22.0 Å². The molecule has 0 saturated heterocycles. The number of nitrogens with zero attached hydrogens (tertiary/aromatic N) is 1. The summed E-state index contributed by atoms with van der Waals surface area (Å²) in [7, 11) is 2.73. The van der Waals surface area contributed by atoms with E-state index in [2.05, 4.69) is 9.72 Å². The van der Waals surface area contributed by atoms with E-state index in [9.17, 15) is 14.7 Å². The van der Waals surface area contributed by atoms with Crippen molar-refractivity contribution in [1.82, 2.24) is 9.55 Å². The number of benzene rings is 1. The van der Waals surface area contributed by atoms with E-state index in [0.717, 1.165) is 11.1 Å². The SMILES string of the molecule is COC(=O)C(O)c1c(-c2ccc(C)cc2)c2cc[nH]c2c(=O)n1C. The first-order chi connectivity index (χ1) is 11.5. The molecule has 0 saturated carbocycles. The number of aromatic nitrogens is 2. The Morgan fingerprint density at radius 3 is 2.54 bits per heavy atom. The highest BCUT2D eigenvalue weighted by Crippen LogP contribution is 2.34. The minimum Gasteiger partial charge on any atom is -0.467 e. The van der Waals surface area contributed by atoms with Gasteiger partial charge >= 0.3 is 5.97 Å². The minimum absolute atomic E-state index is 0.211. The molecule has 1 unspecified atom stereocenters. The van der Waals surface area contributed by atoms with Gasteiger partial charge in [0.2, 0.25) is 0 Å². The number of ether oxygens (including phenoxy) is 1. The lowest BCUT2D eigenvalue weighted by atomic mass is 9.96. The fraction of sp³-hybridized carbons (Fsp3) is 0.222. The van der Waals surface area contributed by atoms with Crippen LogP contribution in [-0.2, 0) is 16.6 Å². The molecular weight excluding hydrogens is 308 g/mol. The van der Waals surface area contributed by atoms with Crippen LogP contribution < -0.4 is 5.56 Å². The van der Waals surface area contributed by atoms with E-state index in [1.54, 1.807) is 12.3 Å². The van der Waals surface area contributed by atoms with Crippen LogP contribution in [0.5, 0.6) is 0 Å². The maximum Gasteiger partial charge on any atom is 0.340 e. The van der Waals surface area contributed by atoms with Gasteiger partial charge in [0.25, 0.3) is 5.56 Å². The Morgan fingerprint density at radius 2 is 1.92 bits per heavy atom. The summed E-state index contributed by atoms with van der Waals surface area (Å²) >= 11 is 0. The topological polar surface area (TPSA) is 84.3 Å². The number of aliphatic hydroxyl groups excluding tert-OH is 1. The van der Waals surface area contributed by atoms with E-state index < -0.39 is 12.1 Å². The lowest BCUT2D eigenvalue weighted by Gasteiger charge is -2.19. The first-order valence-corrected chi connectivity index (χ1v) is 7.48. The van der Waals surface area contributed by atoms with Crippen molar-refractivity contribution in [3.63, 3.8) is 0 Å². The summed E-state index contributed by atoms with van der Waals surface area (Å²) in [4.78, 5) is 27.4. The molecule has 0 bridgehead atoms. The molecule has 2 aromatic heterocycles. The molecule has 3 rings (SSSR count). The Morgan fingerprint density at radius 1 is 1.25 bits per heavy atom. The second kappa shape index (κ2) is 5.98. The number of fused-ring (bicyclic) bond motifs is 1. The maximum atomic E-state index is 12.5. The standard InChI is InChI=1S/C18H18N2O4/c1-10-4-6-11(7-5-10)13-12-8-9-19-14(12)17(22)20(2)15(13)16(21)18(23)24-3/h4-9,16,19,21H,1-3H3. The zero-order valence-electron chi connectivity index (χ0n) is 13.7. The van der Waals surface area contributed by atoms with Crippen LogP contribution in [0.1, 0.15) is 17.4 Å². The van der Waals surface area contributed by atoms with Gasteiger partial charge in [0.15, 0.2) is 6.10 Å². The summed E-state index contributed by atoms with van der Waals surface area (Å²) in [6.45, 7) is 1.97. The van der Waals surface area contributed by atoms with E-state index in [4.69, 9.17) is 0 Å². The van der Waals surface area contributed by atoms with E-state index in [-0.39, 0.29) is 11.3 Å². The summed E-state index contributed by atoms with van der Waals surface area (Å²) in [6, 6.07) is 9.43. The molecule has 0 amide bonds. The molecule has 0 aliphatic heterocycles. The monoisotopic (exact) mass is 326 g/mol. The number of esters is 1. The van der Waals surface area contributed by atoms with Crippen molar-refractivity contribution in [2.45, 2.75) is 13.0 Å². The third-order valence-corrected chi connectivity index (χ3v) is 4.18. The quantitative estimate of drug-likeness (QED) is 0.722. The van der Waals surface area contributed by atoms with Crippen LogP contribution >= 0.6 is 0 Å². The second-order valence-corrected chi connectivity index (χ2v) is 5.68. The third kappa shape index (κ3) is 2.41. The molecule has 6 heteroatoms. The molecule has 3 aromatic rings. The summed E-state index contributed by atoms with van der Waals surface area (Å²) in [5.41, 5.74) is 2.84. The number of rotatable bonds is 3. The van der Waals surface area contributed by atoms with Crippen molar-refractivity contribution < 1.29 is 14.6 Å². The van der Waals surface area contributed by atoms with E-state index in [1.165, 1.54) is 18.7 Å². The number of H-pyrrole nitrogens is 1. The number of carbonyl (C=O) groups excluding carboxylic acids is 1. The van der Waals surface area contributed by atoms with E-state index in [1.807, 2.05) is 31.2 Å². The van der Waals surface area contributed by atoms with Gasteiger partial charge in [0.1, 0.15) is 5.52 Å². The molecule has 0 aliphatic carbocycles. The molecule has 0 spiro atoms. The van der Waals surface area contributed by atoms with Gasteiger partial charge in [-0.2, -0.15) is 0 Å². The molecule has 0 aliphatic rings. The average molecular weight is 326 g/mol. The first kappa shape index (κ1) is 16.0. The molecule has 2 N–H and O–H groups in total. The normalized spacial score (nSPS) is 12.3. The number of aromatic amines is 1. The second-order valence-electron chi connectivity index (χ2n) is 5.68.